The van der Waals surface area contributed by atoms with Gasteiger partial charge in [-0.1, -0.05) is 0 Å². The van der Waals surface area contributed by atoms with Crippen LogP contribution < -0.4 is 0 Å². The van der Waals surface area contributed by atoms with E-state index in [-0.39, 0.29) is 12.3 Å². The maximum absolute atomic E-state index is 11.8. The fourth-order valence-electron chi connectivity index (χ4n) is 1.86. The number of carboxylic acid groups (broad SMARTS) is 1. The SMILES string of the molecule is CN(CCCC(=O)O)C(=O)CCN1CCOCC1. The minimum atomic E-state index is -0.816. The second-order valence-corrected chi connectivity index (χ2v) is 4.52. The van der Waals surface area contributed by atoms with E-state index in [4.69, 9.17) is 9.84 Å². The van der Waals surface area contributed by atoms with E-state index in [0.717, 1.165) is 32.8 Å². The Labute approximate surface area is 107 Å². The molecule has 18 heavy (non-hydrogen) atoms. The van der Waals surface area contributed by atoms with Gasteiger partial charge in [0.25, 0.3) is 0 Å². The Morgan fingerprint density at radius 2 is 1.94 bits per heavy atom. The first-order valence-electron chi connectivity index (χ1n) is 6.35. The molecule has 1 heterocycles. The Balaban J connectivity index is 2.12. The molecular formula is C12H22N2O4. The molecule has 1 aliphatic heterocycles. The summed E-state index contributed by atoms with van der Waals surface area (Å²) in [6.07, 6.45) is 1.11. The standard InChI is InChI=1S/C12H22N2O4/c1-13(5-2-3-12(16)17)11(15)4-6-14-7-9-18-10-8-14/h2-10H2,1H3,(H,16,17). The van der Waals surface area contributed by atoms with Gasteiger partial charge in [-0.05, 0) is 6.42 Å². The van der Waals surface area contributed by atoms with Crippen molar-refractivity contribution in [2.45, 2.75) is 19.3 Å². The summed E-state index contributed by atoms with van der Waals surface area (Å²) in [6.45, 7) is 4.51. The highest BCUT2D eigenvalue weighted by Gasteiger charge is 2.14. The highest BCUT2D eigenvalue weighted by molar-refractivity contribution is 5.76. The minimum Gasteiger partial charge on any atom is -0.481 e. The third-order valence-electron chi connectivity index (χ3n) is 3.06. The molecule has 0 aromatic rings. The van der Waals surface area contributed by atoms with E-state index >= 15 is 0 Å². The zero-order valence-electron chi connectivity index (χ0n) is 10.9. The molecule has 0 atom stereocenters. The lowest BCUT2D eigenvalue weighted by atomic mass is 10.2. The first kappa shape index (κ1) is 14.9. The van der Waals surface area contributed by atoms with E-state index in [0.29, 0.717) is 19.4 Å². The van der Waals surface area contributed by atoms with E-state index in [1.165, 1.54) is 0 Å². The molecule has 0 unspecified atom stereocenters. The third kappa shape index (κ3) is 5.97. The maximum atomic E-state index is 11.8. The molecular weight excluding hydrogens is 236 g/mol. The highest BCUT2D eigenvalue weighted by Crippen LogP contribution is 2.01. The first-order valence-corrected chi connectivity index (χ1v) is 6.35. The average Bonchev–Trinajstić information content (AvgIpc) is 2.36. The lowest BCUT2D eigenvalue weighted by Gasteiger charge is -2.27. The largest absolute Gasteiger partial charge is 0.481 e. The molecule has 1 aliphatic rings. The van der Waals surface area contributed by atoms with Crippen molar-refractivity contribution in [1.29, 1.82) is 0 Å². The Bertz CT molecular complexity index is 277. The van der Waals surface area contributed by atoms with Gasteiger partial charge in [-0.2, -0.15) is 0 Å². The number of morpholine rings is 1. The smallest absolute Gasteiger partial charge is 0.303 e. The van der Waals surface area contributed by atoms with Crippen LogP contribution in [0.2, 0.25) is 0 Å². The molecule has 104 valence electrons. The molecule has 1 saturated heterocycles. The normalized spacial score (nSPS) is 16.5. The molecule has 0 aromatic heterocycles. The predicted octanol–water partition coefficient (Wildman–Crippen LogP) is 0.0319. The number of aliphatic carboxylic acids is 1. The maximum Gasteiger partial charge on any atom is 0.303 e. The van der Waals surface area contributed by atoms with Crippen molar-refractivity contribution in [3.05, 3.63) is 0 Å². The second-order valence-electron chi connectivity index (χ2n) is 4.52. The van der Waals surface area contributed by atoms with Crippen LogP contribution in [0, 0.1) is 0 Å². The predicted molar refractivity (Wildman–Crippen MR) is 66.4 cm³/mol. The van der Waals surface area contributed by atoms with Gasteiger partial charge in [-0.15, -0.1) is 0 Å². The summed E-state index contributed by atoms with van der Waals surface area (Å²) in [4.78, 5) is 26.0. The number of carbonyl (C=O) groups excluding carboxylic acids is 1. The number of carbonyl (C=O) groups is 2. The molecule has 0 spiro atoms. The summed E-state index contributed by atoms with van der Waals surface area (Å²) >= 11 is 0. The van der Waals surface area contributed by atoms with Gasteiger partial charge in [0.05, 0.1) is 13.2 Å². The molecule has 1 N–H and O–H groups in total. The van der Waals surface area contributed by atoms with Gasteiger partial charge in [-0.3, -0.25) is 14.5 Å². The zero-order chi connectivity index (χ0) is 13.4. The van der Waals surface area contributed by atoms with Crippen LogP contribution in [0.1, 0.15) is 19.3 Å². The highest BCUT2D eigenvalue weighted by atomic mass is 16.5. The Morgan fingerprint density at radius 1 is 1.28 bits per heavy atom. The van der Waals surface area contributed by atoms with Crippen molar-refractivity contribution in [2.75, 3.05) is 46.4 Å². The van der Waals surface area contributed by atoms with Gasteiger partial charge in [0, 0.05) is 46.1 Å². The molecule has 0 bridgehead atoms. The van der Waals surface area contributed by atoms with Crippen molar-refractivity contribution in [3.63, 3.8) is 0 Å². The molecule has 6 nitrogen and oxygen atoms in total. The molecule has 0 saturated carbocycles. The summed E-state index contributed by atoms with van der Waals surface area (Å²) in [6, 6.07) is 0. The van der Waals surface area contributed by atoms with Gasteiger partial charge >= 0.3 is 5.97 Å². The molecule has 1 fully saturated rings. The lowest BCUT2D eigenvalue weighted by Crippen LogP contribution is -2.39. The summed E-state index contributed by atoms with van der Waals surface area (Å²) in [5.41, 5.74) is 0. The Hall–Kier alpha value is -1.14. The molecule has 6 heteroatoms. The van der Waals surface area contributed by atoms with E-state index in [1.54, 1.807) is 11.9 Å². The van der Waals surface area contributed by atoms with Crippen molar-refractivity contribution in [1.82, 2.24) is 9.80 Å². The average molecular weight is 258 g/mol. The van der Waals surface area contributed by atoms with Gasteiger partial charge in [0.15, 0.2) is 0 Å². The number of nitrogens with zero attached hydrogens (tertiary/aromatic N) is 2. The number of hydrogen-bond acceptors (Lipinski definition) is 4. The number of amides is 1. The van der Waals surface area contributed by atoms with Crippen LogP contribution in [0.15, 0.2) is 0 Å². The Kier molecular flexibility index (Phi) is 6.67. The van der Waals surface area contributed by atoms with Crippen LogP contribution in [0.4, 0.5) is 0 Å². The summed E-state index contributed by atoms with van der Waals surface area (Å²) in [5, 5.41) is 8.52. The topological polar surface area (TPSA) is 70.1 Å². The third-order valence-corrected chi connectivity index (χ3v) is 3.06. The van der Waals surface area contributed by atoms with Gasteiger partial charge < -0.3 is 14.7 Å². The lowest BCUT2D eigenvalue weighted by molar-refractivity contribution is -0.138. The van der Waals surface area contributed by atoms with Crippen molar-refractivity contribution < 1.29 is 19.4 Å². The molecule has 0 radical (unpaired) electrons. The monoisotopic (exact) mass is 258 g/mol. The number of rotatable bonds is 7. The number of carboxylic acids is 1. The van der Waals surface area contributed by atoms with Crippen LogP contribution in [-0.4, -0.2) is 73.2 Å². The molecule has 1 rings (SSSR count). The second kappa shape index (κ2) is 8.05. The van der Waals surface area contributed by atoms with Crippen molar-refractivity contribution in [3.8, 4) is 0 Å². The van der Waals surface area contributed by atoms with Crippen LogP contribution in [0.5, 0.6) is 0 Å². The van der Waals surface area contributed by atoms with Crippen molar-refractivity contribution in [2.24, 2.45) is 0 Å². The molecule has 0 aliphatic carbocycles. The number of ether oxygens (including phenoxy) is 1. The van der Waals surface area contributed by atoms with Gasteiger partial charge in [0.2, 0.25) is 5.91 Å². The van der Waals surface area contributed by atoms with E-state index in [2.05, 4.69) is 4.90 Å². The first-order chi connectivity index (χ1) is 8.59. The summed E-state index contributed by atoms with van der Waals surface area (Å²) in [7, 11) is 1.73. The Morgan fingerprint density at radius 3 is 2.56 bits per heavy atom. The number of hydrogen-bond donors (Lipinski definition) is 1. The van der Waals surface area contributed by atoms with Crippen molar-refractivity contribution >= 4 is 11.9 Å². The molecule has 1 amide bonds. The van der Waals surface area contributed by atoms with Crippen LogP contribution in [0.3, 0.4) is 0 Å². The van der Waals surface area contributed by atoms with Crippen LogP contribution >= 0.6 is 0 Å². The van der Waals surface area contributed by atoms with Gasteiger partial charge in [0.1, 0.15) is 0 Å². The van der Waals surface area contributed by atoms with Crippen LogP contribution in [-0.2, 0) is 14.3 Å². The minimum absolute atomic E-state index is 0.0758. The fraction of sp³-hybridized carbons (Fsp3) is 0.833. The fourth-order valence-corrected chi connectivity index (χ4v) is 1.86. The molecule has 0 aromatic carbocycles. The summed E-state index contributed by atoms with van der Waals surface area (Å²) in [5.74, 6) is -0.740. The summed E-state index contributed by atoms with van der Waals surface area (Å²) < 4.78 is 5.24. The van der Waals surface area contributed by atoms with Gasteiger partial charge in [-0.25, -0.2) is 0 Å². The zero-order valence-corrected chi connectivity index (χ0v) is 10.9. The van der Waals surface area contributed by atoms with Crippen LogP contribution in [0.25, 0.3) is 0 Å². The van der Waals surface area contributed by atoms with E-state index in [1.807, 2.05) is 0 Å². The van der Waals surface area contributed by atoms with E-state index in [9.17, 15) is 9.59 Å². The quantitative estimate of drug-likeness (QED) is 0.698. The van der Waals surface area contributed by atoms with E-state index < -0.39 is 5.97 Å².